The number of methoxy groups -OCH3 is 1. The molecule has 1 N–H and O–H groups in total. The van der Waals surface area contributed by atoms with E-state index in [4.69, 9.17) is 0 Å². The van der Waals surface area contributed by atoms with Gasteiger partial charge in [-0.1, -0.05) is 0 Å². The Bertz CT molecular complexity index is 511. The number of esters is 1. The minimum atomic E-state index is -3.76. The Morgan fingerprint density at radius 3 is 2.78 bits per heavy atom. The second-order valence-corrected chi connectivity index (χ2v) is 5.24. The van der Waals surface area contributed by atoms with Crippen LogP contribution in [0.4, 0.5) is 5.95 Å². The Hall–Kier alpha value is -1.68. The predicted octanol–water partition coefficient (Wildman–Crippen LogP) is -1.03. The molecule has 0 saturated heterocycles. The van der Waals surface area contributed by atoms with E-state index in [1.165, 1.54) is 25.2 Å². The van der Waals surface area contributed by atoms with Gasteiger partial charge >= 0.3 is 16.2 Å². The maximum atomic E-state index is 11.8. The van der Waals surface area contributed by atoms with Crippen molar-refractivity contribution in [2.75, 3.05) is 25.4 Å². The van der Waals surface area contributed by atoms with Crippen molar-refractivity contribution in [3.05, 3.63) is 6.33 Å². The third-order valence-corrected chi connectivity index (χ3v) is 3.64. The van der Waals surface area contributed by atoms with Gasteiger partial charge in [-0.05, 0) is 0 Å². The predicted molar refractivity (Wildman–Crippen MR) is 62.8 cm³/mol. The van der Waals surface area contributed by atoms with Crippen molar-refractivity contribution in [2.45, 2.75) is 6.42 Å². The smallest absolute Gasteiger partial charge is 0.306 e. The highest BCUT2D eigenvalue weighted by Gasteiger charge is 2.20. The summed E-state index contributed by atoms with van der Waals surface area (Å²) in [7, 11) is 0.391. The Labute approximate surface area is 105 Å². The molecule has 0 aliphatic rings. The molecule has 0 saturated carbocycles. The number of anilines is 1. The Balaban J connectivity index is 2.63. The summed E-state index contributed by atoms with van der Waals surface area (Å²) in [4.78, 5) is 14.7. The van der Waals surface area contributed by atoms with Crippen molar-refractivity contribution in [1.82, 2.24) is 19.1 Å². The van der Waals surface area contributed by atoms with E-state index in [9.17, 15) is 13.2 Å². The number of rotatable bonds is 6. The lowest BCUT2D eigenvalue weighted by Gasteiger charge is -2.16. The Morgan fingerprint density at radius 2 is 2.28 bits per heavy atom. The summed E-state index contributed by atoms with van der Waals surface area (Å²) in [6, 6.07) is 0. The van der Waals surface area contributed by atoms with Gasteiger partial charge in [0.1, 0.15) is 6.33 Å². The van der Waals surface area contributed by atoms with Crippen molar-refractivity contribution in [2.24, 2.45) is 7.05 Å². The van der Waals surface area contributed by atoms with Gasteiger partial charge in [-0.2, -0.15) is 22.8 Å². The van der Waals surface area contributed by atoms with Crippen molar-refractivity contribution in [3.8, 4) is 0 Å². The molecule has 0 spiro atoms. The fourth-order valence-corrected chi connectivity index (χ4v) is 1.96. The second kappa shape index (κ2) is 5.78. The molecule has 10 heteroatoms. The van der Waals surface area contributed by atoms with Crippen molar-refractivity contribution in [3.63, 3.8) is 0 Å². The molecule has 0 atom stereocenters. The number of aryl methyl sites for hydroxylation is 1. The maximum absolute atomic E-state index is 11.8. The van der Waals surface area contributed by atoms with Crippen LogP contribution in [0.25, 0.3) is 0 Å². The molecule has 9 nitrogen and oxygen atoms in total. The van der Waals surface area contributed by atoms with Crippen LogP contribution in [0.3, 0.4) is 0 Å². The lowest BCUT2D eigenvalue weighted by molar-refractivity contribution is -0.140. The van der Waals surface area contributed by atoms with E-state index in [0.717, 1.165) is 4.31 Å². The zero-order valence-electron chi connectivity index (χ0n) is 10.3. The first-order chi connectivity index (χ1) is 8.36. The van der Waals surface area contributed by atoms with Crippen LogP contribution < -0.4 is 4.72 Å². The summed E-state index contributed by atoms with van der Waals surface area (Å²) in [5.74, 6) is -0.379. The number of nitrogens with one attached hydrogen (secondary N) is 1. The van der Waals surface area contributed by atoms with Gasteiger partial charge in [0.25, 0.3) is 0 Å². The third kappa shape index (κ3) is 3.67. The van der Waals surface area contributed by atoms with Crippen LogP contribution in [0.2, 0.25) is 0 Å². The van der Waals surface area contributed by atoms with Crippen LogP contribution in [0.5, 0.6) is 0 Å². The minimum absolute atomic E-state index is 0.0137. The number of hydrogen-bond acceptors (Lipinski definition) is 6. The Kier molecular flexibility index (Phi) is 4.62. The number of aromatic nitrogens is 3. The molecule has 18 heavy (non-hydrogen) atoms. The highest BCUT2D eigenvalue weighted by molar-refractivity contribution is 7.90. The standard InChI is InChI=1S/C8H15N5O4S/c1-12(5-4-7(14)17-3)18(15,16)11-8-9-6-10-13(8)2/h6H,4-5H2,1-3H3,(H,9,10,11). The fraction of sp³-hybridized carbons (Fsp3) is 0.625. The summed E-state index contributed by atoms with van der Waals surface area (Å²) < 4.78 is 32.6. The molecule has 0 bridgehead atoms. The van der Waals surface area contributed by atoms with Crippen LogP contribution in [0.1, 0.15) is 6.42 Å². The van der Waals surface area contributed by atoms with Gasteiger partial charge in [0.05, 0.1) is 13.5 Å². The van der Waals surface area contributed by atoms with E-state index in [1.807, 2.05) is 0 Å². The van der Waals surface area contributed by atoms with Crippen molar-refractivity contribution in [1.29, 1.82) is 0 Å². The number of ether oxygens (including phenoxy) is 1. The normalized spacial score (nSPS) is 11.6. The molecule has 0 fully saturated rings. The van der Waals surface area contributed by atoms with Gasteiger partial charge in [-0.3, -0.25) is 4.79 Å². The highest BCUT2D eigenvalue weighted by atomic mass is 32.2. The van der Waals surface area contributed by atoms with E-state index in [-0.39, 0.29) is 18.9 Å². The monoisotopic (exact) mass is 277 g/mol. The molecule has 102 valence electrons. The molecular formula is C8H15N5O4S. The van der Waals surface area contributed by atoms with Gasteiger partial charge < -0.3 is 4.74 Å². The molecule has 0 aliphatic heterocycles. The average molecular weight is 277 g/mol. The maximum Gasteiger partial charge on any atom is 0.306 e. The number of hydrogen-bond donors (Lipinski definition) is 1. The van der Waals surface area contributed by atoms with Crippen molar-refractivity contribution >= 4 is 22.1 Å². The second-order valence-electron chi connectivity index (χ2n) is 3.46. The van der Waals surface area contributed by atoms with Crippen LogP contribution in [-0.2, 0) is 26.8 Å². The highest BCUT2D eigenvalue weighted by Crippen LogP contribution is 2.05. The minimum Gasteiger partial charge on any atom is -0.469 e. The first-order valence-electron chi connectivity index (χ1n) is 5.01. The van der Waals surface area contributed by atoms with Crippen LogP contribution in [-0.4, -0.2) is 54.2 Å². The summed E-state index contributed by atoms with van der Waals surface area (Å²) >= 11 is 0. The number of carbonyl (C=O) groups is 1. The topological polar surface area (TPSA) is 106 Å². The SMILES string of the molecule is COC(=O)CCN(C)S(=O)(=O)Nc1ncnn1C. The molecular weight excluding hydrogens is 262 g/mol. The summed E-state index contributed by atoms with van der Waals surface area (Å²) in [6.07, 6.45) is 1.21. The average Bonchev–Trinajstić information content (AvgIpc) is 2.70. The summed E-state index contributed by atoms with van der Waals surface area (Å²) in [5.41, 5.74) is 0. The van der Waals surface area contributed by atoms with Crippen LogP contribution in [0, 0.1) is 0 Å². The number of nitrogens with zero attached hydrogens (tertiary/aromatic N) is 4. The molecule has 1 aromatic heterocycles. The molecule has 0 aliphatic carbocycles. The molecule has 1 rings (SSSR count). The molecule has 0 radical (unpaired) electrons. The number of carbonyl (C=O) groups excluding carboxylic acids is 1. The van der Waals surface area contributed by atoms with E-state index < -0.39 is 16.2 Å². The van der Waals surface area contributed by atoms with E-state index in [1.54, 1.807) is 7.05 Å². The third-order valence-electron chi connectivity index (χ3n) is 2.20. The summed E-state index contributed by atoms with van der Waals surface area (Å²) in [5, 5.41) is 3.73. The van der Waals surface area contributed by atoms with E-state index >= 15 is 0 Å². The molecule has 1 heterocycles. The van der Waals surface area contributed by atoms with E-state index in [0.29, 0.717) is 0 Å². The molecule has 1 aromatic rings. The molecule has 0 unspecified atom stereocenters. The van der Waals surface area contributed by atoms with Gasteiger partial charge in [0, 0.05) is 20.6 Å². The lowest BCUT2D eigenvalue weighted by atomic mass is 10.4. The largest absolute Gasteiger partial charge is 0.469 e. The van der Waals surface area contributed by atoms with Gasteiger partial charge in [-0.15, -0.1) is 0 Å². The van der Waals surface area contributed by atoms with Gasteiger partial charge in [0.2, 0.25) is 5.95 Å². The first kappa shape index (κ1) is 14.4. The molecule has 0 amide bonds. The van der Waals surface area contributed by atoms with Gasteiger partial charge in [-0.25, -0.2) is 9.40 Å². The van der Waals surface area contributed by atoms with Crippen molar-refractivity contribution < 1.29 is 17.9 Å². The zero-order chi connectivity index (χ0) is 13.8. The fourth-order valence-electron chi connectivity index (χ4n) is 1.05. The Morgan fingerprint density at radius 1 is 1.61 bits per heavy atom. The van der Waals surface area contributed by atoms with E-state index in [2.05, 4.69) is 19.5 Å². The zero-order valence-corrected chi connectivity index (χ0v) is 11.1. The lowest BCUT2D eigenvalue weighted by Crippen LogP contribution is -2.35. The molecule has 0 aromatic carbocycles. The van der Waals surface area contributed by atoms with Gasteiger partial charge in [0.15, 0.2) is 0 Å². The van der Waals surface area contributed by atoms with Crippen LogP contribution >= 0.6 is 0 Å². The van der Waals surface area contributed by atoms with Crippen LogP contribution in [0.15, 0.2) is 6.33 Å². The quantitative estimate of drug-likeness (QED) is 0.666. The summed E-state index contributed by atoms with van der Waals surface area (Å²) in [6.45, 7) is 0.0137. The first-order valence-corrected chi connectivity index (χ1v) is 6.45.